The second-order valence-electron chi connectivity index (χ2n) is 4.35. The summed E-state index contributed by atoms with van der Waals surface area (Å²) in [6.45, 7) is 3.95. The van der Waals surface area contributed by atoms with Crippen LogP contribution in [0.2, 0.25) is 0 Å². The van der Waals surface area contributed by atoms with Crippen molar-refractivity contribution in [3.8, 4) is 11.5 Å². The molecule has 1 rings (SSSR count). The molecule has 0 aliphatic carbocycles. The van der Waals surface area contributed by atoms with Crippen molar-refractivity contribution < 1.29 is 19.7 Å². The second-order valence-corrected chi connectivity index (χ2v) is 4.35. The Morgan fingerprint density at radius 1 is 1.22 bits per heavy atom. The second kappa shape index (κ2) is 6.61. The van der Waals surface area contributed by atoms with E-state index in [0.717, 1.165) is 0 Å². The molecule has 0 heterocycles. The average Bonchev–Trinajstić information content (AvgIpc) is 2.44. The van der Waals surface area contributed by atoms with Crippen molar-refractivity contribution in [3.05, 3.63) is 23.8 Å². The third-order valence-corrected chi connectivity index (χ3v) is 3.26. The van der Waals surface area contributed by atoms with Crippen LogP contribution in [0.4, 0.5) is 0 Å². The van der Waals surface area contributed by atoms with Crippen LogP contribution in [0.1, 0.15) is 32.3 Å². The molecule has 0 fully saturated rings. The van der Waals surface area contributed by atoms with Crippen molar-refractivity contribution in [3.63, 3.8) is 0 Å². The summed E-state index contributed by atoms with van der Waals surface area (Å²) < 4.78 is 10.7. The van der Waals surface area contributed by atoms with Crippen LogP contribution in [0.25, 0.3) is 0 Å². The third kappa shape index (κ3) is 3.62. The largest absolute Gasteiger partial charge is 0.497 e. The van der Waals surface area contributed by atoms with Crippen LogP contribution in [0.3, 0.4) is 0 Å². The first-order valence-electron chi connectivity index (χ1n) is 6.21. The van der Waals surface area contributed by atoms with Gasteiger partial charge in [-0.3, -0.25) is 0 Å². The van der Waals surface area contributed by atoms with Crippen LogP contribution in [0, 0.1) is 0 Å². The highest BCUT2D eigenvalue weighted by Gasteiger charge is 2.23. The molecule has 0 bridgehead atoms. The fraction of sp³-hybridized carbons (Fsp3) is 0.571. The molecule has 0 amide bonds. The first-order valence-corrected chi connectivity index (χ1v) is 6.21. The smallest absolute Gasteiger partial charge is 0.128 e. The molecule has 18 heavy (non-hydrogen) atoms. The van der Waals surface area contributed by atoms with Crippen molar-refractivity contribution >= 4 is 0 Å². The maximum atomic E-state index is 10.2. The van der Waals surface area contributed by atoms with Gasteiger partial charge in [0.05, 0.1) is 19.3 Å². The van der Waals surface area contributed by atoms with Crippen molar-refractivity contribution in [1.82, 2.24) is 0 Å². The highest BCUT2D eigenvalue weighted by Crippen LogP contribution is 2.26. The van der Waals surface area contributed by atoms with Gasteiger partial charge in [0.25, 0.3) is 0 Å². The zero-order chi connectivity index (χ0) is 13.6. The fourth-order valence-corrected chi connectivity index (χ4v) is 1.59. The number of hydrogen-bond acceptors (Lipinski definition) is 4. The molecular formula is C14H22O4. The zero-order valence-electron chi connectivity index (χ0n) is 11.3. The molecule has 0 aliphatic heterocycles. The third-order valence-electron chi connectivity index (χ3n) is 3.26. The van der Waals surface area contributed by atoms with Gasteiger partial charge in [0.15, 0.2) is 0 Å². The molecule has 0 unspecified atom stereocenters. The zero-order valence-corrected chi connectivity index (χ0v) is 11.3. The van der Waals surface area contributed by atoms with Gasteiger partial charge in [0.2, 0.25) is 0 Å². The Labute approximate surface area is 108 Å². The van der Waals surface area contributed by atoms with Crippen LogP contribution in [0.15, 0.2) is 18.2 Å². The van der Waals surface area contributed by atoms with Crippen LogP contribution < -0.4 is 9.47 Å². The highest BCUT2D eigenvalue weighted by atomic mass is 16.5. The van der Waals surface area contributed by atoms with Crippen LogP contribution in [-0.2, 0) is 6.61 Å². The minimum Gasteiger partial charge on any atom is -0.497 e. The molecule has 0 saturated heterocycles. The van der Waals surface area contributed by atoms with Gasteiger partial charge < -0.3 is 19.7 Å². The Bertz CT molecular complexity index is 372. The van der Waals surface area contributed by atoms with Crippen molar-refractivity contribution in [2.45, 2.75) is 38.9 Å². The molecule has 0 atom stereocenters. The van der Waals surface area contributed by atoms with Crippen LogP contribution in [0.5, 0.6) is 11.5 Å². The van der Waals surface area contributed by atoms with E-state index in [2.05, 4.69) is 0 Å². The maximum Gasteiger partial charge on any atom is 0.128 e. The Hall–Kier alpha value is -1.26. The minimum atomic E-state index is -0.824. The summed E-state index contributed by atoms with van der Waals surface area (Å²) in [5, 5.41) is 19.4. The number of rotatable bonds is 7. The molecule has 4 heteroatoms. The van der Waals surface area contributed by atoms with Crippen molar-refractivity contribution in [1.29, 1.82) is 0 Å². The minimum absolute atomic E-state index is 0.101. The van der Waals surface area contributed by atoms with Crippen LogP contribution >= 0.6 is 0 Å². The number of aliphatic hydroxyl groups is 2. The summed E-state index contributed by atoms with van der Waals surface area (Å²) in [6.07, 6.45) is 1.25. The first-order chi connectivity index (χ1) is 8.58. The van der Waals surface area contributed by atoms with Gasteiger partial charge in [0.1, 0.15) is 18.1 Å². The summed E-state index contributed by atoms with van der Waals surface area (Å²) in [4.78, 5) is 0. The Balaban J connectivity index is 2.82. The summed E-state index contributed by atoms with van der Waals surface area (Å²) in [5.41, 5.74) is -0.138. The number of benzene rings is 1. The number of hydrogen-bond donors (Lipinski definition) is 2. The van der Waals surface area contributed by atoms with Gasteiger partial charge in [-0.2, -0.15) is 0 Å². The molecule has 2 N–H and O–H groups in total. The van der Waals surface area contributed by atoms with E-state index in [9.17, 15) is 10.2 Å². The van der Waals surface area contributed by atoms with E-state index in [1.807, 2.05) is 13.8 Å². The normalized spacial score (nSPS) is 11.4. The van der Waals surface area contributed by atoms with Crippen molar-refractivity contribution in [2.75, 3.05) is 13.7 Å². The first kappa shape index (κ1) is 14.8. The lowest BCUT2D eigenvalue weighted by molar-refractivity contribution is -0.0119. The van der Waals surface area contributed by atoms with E-state index in [-0.39, 0.29) is 13.2 Å². The highest BCUT2D eigenvalue weighted by molar-refractivity contribution is 5.40. The van der Waals surface area contributed by atoms with E-state index < -0.39 is 5.60 Å². The van der Waals surface area contributed by atoms with E-state index in [1.54, 1.807) is 25.3 Å². The van der Waals surface area contributed by atoms with Crippen LogP contribution in [-0.4, -0.2) is 29.5 Å². The molecule has 0 aromatic heterocycles. The van der Waals surface area contributed by atoms with E-state index >= 15 is 0 Å². The molecule has 102 valence electrons. The molecule has 1 aromatic carbocycles. The van der Waals surface area contributed by atoms with Gasteiger partial charge >= 0.3 is 0 Å². The summed E-state index contributed by atoms with van der Waals surface area (Å²) in [6, 6.07) is 5.24. The lowest BCUT2D eigenvalue weighted by atomic mass is 9.99. The van der Waals surface area contributed by atoms with Crippen molar-refractivity contribution in [2.24, 2.45) is 0 Å². The van der Waals surface area contributed by atoms with Gasteiger partial charge in [-0.25, -0.2) is 0 Å². The van der Waals surface area contributed by atoms with Gasteiger partial charge in [-0.15, -0.1) is 0 Å². The van der Waals surface area contributed by atoms with Gasteiger partial charge in [0, 0.05) is 11.6 Å². The summed E-state index contributed by atoms with van der Waals surface area (Å²) in [5.74, 6) is 1.22. The van der Waals surface area contributed by atoms with E-state index in [0.29, 0.717) is 29.9 Å². The Morgan fingerprint density at radius 3 is 2.39 bits per heavy atom. The number of aliphatic hydroxyl groups excluding tert-OH is 1. The SMILES string of the molecule is CCC(O)(CC)COc1cc(OC)ccc1CO. The molecule has 0 aliphatic rings. The molecule has 1 aromatic rings. The summed E-state index contributed by atoms with van der Waals surface area (Å²) >= 11 is 0. The maximum absolute atomic E-state index is 10.2. The monoisotopic (exact) mass is 254 g/mol. The summed E-state index contributed by atoms with van der Waals surface area (Å²) in [7, 11) is 1.58. The average molecular weight is 254 g/mol. The molecule has 0 spiro atoms. The predicted molar refractivity (Wildman–Crippen MR) is 69.9 cm³/mol. The Kier molecular flexibility index (Phi) is 5.44. The van der Waals surface area contributed by atoms with E-state index in [4.69, 9.17) is 9.47 Å². The number of ether oxygens (including phenoxy) is 2. The fourth-order valence-electron chi connectivity index (χ4n) is 1.59. The lowest BCUT2D eigenvalue weighted by Gasteiger charge is -2.25. The van der Waals surface area contributed by atoms with E-state index in [1.165, 1.54) is 0 Å². The molecule has 0 radical (unpaired) electrons. The standard InChI is InChI=1S/C14H22O4/c1-4-14(16,5-2)10-18-13-8-12(17-3)7-6-11(13)9-15/h6-8,15-16H,4-5,9-10H2,1-3H3. The quantitative estimate of drug-likeness (QED) is 0.782. The Morgan fingerprint density at radius 2 is 1.89 bits per heavy atom. The molecular weight excluding hydrogens is 232 g/mol. The van der Waals surface area contributed by atoms with Gasteiger partial charge in [-0.05, 0) is 25.0 Å². The lowest BCUT2D eigenvalue weighted by Crippen LogP contribution is -2.34. The topological polar surface area (TPSA) is 58.9 Å². The number of methoxy groups -OCH3 is 1. The van der Waals surface area contributed by atoms with Gasteiger partial charge in [-0.1, -0.05) is 13.8 Å². The molecule has 0 saturated carbocycles. The molecule has 4 nitrogen and oxygen atoms in total. The predicted octanol–water partition coefficient (Wildman–Crippen LogP) is 2.12.